The second-order valence-electron chi connectivity index (χ2n) is 3.11. The van der Waals surface area contributed by atoms with E-state index in [1.807, 2.05) is 6.07 Å². The van der Waals surface area contributed by atoms with Crippen LogP contribution in [0.3, 0.4) is 0 Å². The van der Waals surface area contributed by atoms with Crippen molar-refractivity contribution in [1.82, 2.24) is 0 Å². The fourth-order valence-electron chi connectivity index (χ4n) is 1.42. The molecule has 2 N–H and O–H groups in total. The Kier molecular flexibility index (Phi) is 2.54. The highest BCUT2D eigenvalue weighted by Crippen LogP contribution is 2.21. The minimum atomic E-state index is 0.544. The van der Waals surface area contributed by atoms with Gasteiger partial charge in [-0.3, -0.25) is 4.99 Å². The smallest absolute Gasteiger partial charge is 0.154 e. The van der Waals surface area contributed by atoms with Gasteiger partial charge in [0.05, 0.1) is 6.54 Å². The van der Waals surface area contributed by atoms with E-state index in [9.17, 15) is 0 Å². The Hall–Kier alpha value is -0.960. The van der Waals surface area contributed by atoms with Crippen LogP contribution in [0.5, 0.6) is 0 Å². The predicted octanol–water partition coefficient (Wildman–Crippen LogP) is 1.66. The van der Waals surface area contributed by atoms with Crippen LogP contribution < -0.4 is 5.73 Å². The van der Waals surface area contributed by atoms with Crippen LogP contribution in [0.4, 0.5) is 0 Å². The first-order chi connectivity index (χ1) is 6.34. The molecular formula is C10H12N2S. The van der Waals surface area contributed by atoms with E-state index in [0.717, 1.165) is 18.1 Å². The van der Waals surface area contributed by atoms with Gasteiger partial charge in [-0.05, 0) is 12.0 Å². The molecular weight excluding hydrogens is 180 g/mol. The molecule has 0 amide bonds. The predicted molar refractivity (Wildman–Crippen MR) is 58.0 cm³/mol. The molecule has 0 aromatic heterocycles. The van der Waals surface area contributed by atoms with Crippen molar-refractivity contribution in [2.45, 2.75) is 11.7 Å². The van der Waals surface area contributed by atoms with E-state index < -0.39 is 0 Å². The first-order valence-electron chi connectivity index (χ1n) is 4.35. The van der Waals surface area contributed by atoms with Crippen LogP contribution in [0.25, 0.3) is 0 Å². The fourth-order valence-corrected chi connectivity index (χ4v) is 2.34. The number of hydrogen-bond donors (Lipinski definition) is 1. The molecule has 0 aliphatic carbocycles. The Balaban J connectivity index is 1.94. The molecule has 0 spiro atoms. The first-order valence-corrected chi connectivity index (χ1v) is 5.23. The summed E-state index contributed by atoms with van der Waals surface area (Å²) in [6.45, 7) is 0.866. The summed E-state index contributed by atoms with van der Waals surface area (Å²) in [4.78, 5) is 4.17. The van der Waals surface area contributed by atoms with Gasteiger partial charge < -0.3 is 5.73 Å². The molecule has 1 aromatic rings. The van der Waals surface area contributed by atoms with Gasteiger partial charge in [0, 0.05) is 5.25 Å². The van der Waals surface area contributed by atoms with E-state index in [2.05, 4.69) is 29.3 Å². The molecule has 13 heavy (non-hydrogen) atoms. The zero-order chi connectivity index (χ0) is 9.10. The summed E-state index contributed by atoms with van der Waals surface area (Å²) in [5, 5.41) is 1.28. The van der Waals surface area contributed by atoms with Crippen molar-refractivity contribution in [3.63, 3.8) is 0 Å². The van der Waals surface area contributed by atoms with Gasteiger partial charge in [-0.1, -0.05) is 42.1 Å². The summed E-state index contributed by atoms with van der Waals surface area (Å²) in [6.07, 6.45) is 1.07. The summed E-state index contributed by atoms with van der Waals surface area (Å²) in [6, 6.07) is 10.5. The topological polar surface area (TPSA) is 38.4 Å². The maximum Gasteiger partial charge on any atom is 0.154 e. The number of benzene rings is 1. The number of nitrogens with two attached hydrogens (primary N) is 1. The summed E-state index contributed by atoms with van der Waals surface area (Å²) >= 11 is 1.69. The van der Waals surface area contributed by atoms with Crippen molar-refractivity contribution in [2.24, 2.45) is 10.7 Å². The van der Waals surface area contributed by atoms with Crippen LogP contribution >= 0.6 is 11.8 Å². The van der Waals surface area contributed by atoms with Gasteiger partial charge in [0.25, 0.3) is 0 Å². The lowest BCUT2D eigenvalue weighted by Crippen LogP contribution is -2.09. The van der Waals surface area contributed by atoms with Crippen LogP contribution in [0.1, 0.15) is 5.56 Å². The van der Waals surface area contributed by atoms with E-state index in [1.165, 1.54) is 5.56 Å². The van der Waals surface area contributed by atoms with Crippen LogP contribution in [-0.2, 0) is 6.42 Å². The first kappa shape index (κ1) is 8.63. The number of hydrogen-bond acceptors (Lipinski definition) is 3. The van der Waals surface area contributed by atoms with Crippen LogP contribution in [0, 0.1) is 0 Å². The third-order valence-corrected chi connectivity index (χ3v) is 3.06. The van der Waals surface area contributed by atoms with Crippen molar-refractivity contribution in [3.05, 3.63) is 35.9 Å². The lowest BCUT2D eigenvalue weighted by atomic mass is 10.1. The third kappa shape index (κ3) is 2.25. The molecule has 1 heterocycles. The lowest BCUT2D eigenvalue weighted by Gasteiger charge is -2.06. The zero-order valence-electron chi connectivity index (χ0n) is 7.31. The molecule has 1 aliphatic rings. The minimum Gasteiger partial charge on any atom is -0.379 e. The number of rotatable bonds is 2. The molecule has 1 aliphatic heterocycles. The Morgan fingerprint density at radius 3 is 2.77 bits per heavy atom. The molecule has 2 nitrogen and oxygen atoms in total. The molecule has 0 radical (unpaired) electrons. The molecule has 2 rings (SSSR count). The van der Waals surface area contributed by atoms with Gasteiger partial charge in [-0.15, -0.1) is 0 Å². The van der Waals surface area contributed by atoms with Crippen molar-refractivity contribution in [2.75, 3.05) is 6.54 Å². The molecule has 0 saturated heterocycles. The van der Waals surface area contributed by atoms with Gasteiger partial charge >= 0.3 is 0 Å². The van der Waals surface area contributed by atoms with Crippen LogP contribution in [0.15, 0.2) is 35.3 Å². The monoisotopic (exact) mass is 192 g/mol. The molecule has 1 aromatic carbocycles. The molecule has 3 heteroatoms. The second kappa shape index (κ2) is 3.83. The summed E-state index contributed by atoms with van der Waals surface area (Å²) < 4.78 is 0. The molecule has 0 saturated carbocycles. The Morgan fingerprint density at radius 1 is 1.38 bits per heavy atom. The van der Waals surface area contributed by atoms with E-state index in [4.69, 9.17) is 5.73 Å². The normalized spacial score (nSPS) is 21.5. The fraction of sp³-hybridized carbons (Fsp3) is 0.300. The quantitative estimate of drug-likeness (QED) is 0.774. The van der Waals surface area contributed by atoms with Crippen molar-refractivity contribution in [3.8, 4) is 0 Å². The van der Waals surface area contributed by atoms with E-state index >= 15 is 0 Å². The van der Waals surface area contributed by atoms with E-state index in [0.29, 0.717) is 5.25 Å². The lowest BCUT2D eigenvalue weighted by molar-refractivity contribution is 0.870. The maximum absolute atomic E-state index is 5.59. The molecule has 1 unspecified atom stereocenters. The Labute approximate surface area is 82.2 Å². The summed E-state index contributed by atoms with van der Waals surface area (Å²) in [5.41, 5.74) is 6.96. The maximum atomic E-state index is 5.59. The summed E-state index contributed by atoms with van der Waals surface area (Å²) in [5.74, 6) is 0. The standard InChI is InChI=1S/C10H12N2S/c11-10-12-7-9(13-10)6-8-4-2-1-3-5-8/h1-5,9H,6-7H2,(H2,11,12). The number of aliphatic imine (C=N–C) groups is 1. The zero-order valence-corrected chi connectivity index (χ0v) is 8.13. The van der Waals surface area contributed by atoms with Crippen molar-refractivity contribution in [1.29, 1.82) is 0 Å². The van der Waals surface area contributed by atoms with E-state index in [-0.39, 0.29) is 0 Å². The summed E-state index contributed by atoms with van der Waals surface area (Å²) in [7, 11) is 0. The van der Waals surface area contributed by atoms with Gasteiger partial charge in [0.2, 0.25) is 0 Å². The molecule has 0 fully saturated rings. The van der Waals surface area contributed by atoms with Gasteiger partial charge in [-0.25, -0.2) is 0 Å². The number of nitrogens with zero attached hydrogens (tertiary/aromatic N) is 1. The van der Waals surface area contributed by atoms with Gasteiger partial charge in [0.1, 0.15) is 0 Å². The Morgan fingerprint density at radius 2 is 2.15 bits per heavy atom. The number of amidine groups is 1. The van der Waals surface area contributed by atoms with Crippen LogP contribution in [0.2, 0.25) is 0 Å². The third-order valence-electron chi connectivity index (χ3n) is 2.04. The van der Waals surface area contributed by atoms with Crippen LogP contribution in [-0.4, -0.2) is 17.0 Å². The highest BCUT2D eigenvalue weighted by Gasteiger charge is 2.17. The highest BCUT2D eigenvalue weighted by atomic mass is 32.2. The van der Waals surface area contributed by atoms with Gasteiger partial charge in [0.15, 0.2) is 5.17 Å². The largest absolute Gasteiger partial charge is 0.379 e. The van der Waals surface area contributed by atoms with Crippen molar-refractivity contribution >= 4 is 16.9 Å². The second-order valence-corrected chi connectivity index (χ2v) is 4.43. The average molecular weight is 192 g/mol. The van der Waals surface area contributed by atoms with Crippen molar-refractivity contribution < 1.29 is 0 Å². The highest BCUT2D eigenvalue weighted by molar-refractivity contribution is 8.14. The molecule has 1 atom stereocenters. The Bertz CT molecular complexity index is 308. The molecule has 68 valence electrons. The van der Waals surface area contributed by atoms with E-state index in [1.54, 1.807) is 11.8 Å². The molecule has 0 bridgehead atoms. The average Bonchev–Trinajstić information content (AvgIpc) is 2.53. The SMILES string of the molecule is NC1=NCC(Cc2ccccc2)S1. The minimum absolute atomic E-state index is 0.544. The van der Waals surface area contributed by atoms with Gasteiger partial charge in [-0.2, -0.15) is 0 Å². The number of thioether (sulfide) groups is 1.